The smallest absolute Gasteiger partial charge is 0.417 e. The van der Waals surface area contributed by atoms with Crippen LogP contribution in [0.3, 0.4) is 0 Å². The van der Waals surface area contributed by atoms with Crippen LogP contribution in [0.2, 0.25) is 5.02 Å². The van der Waals surface area contributed by atoms with Crippen molar-refractivity contribution in [3.8, 4) is 0 Å². The van der Waals surface area contributed by atoms with Crippen LogP contribution in [0.4, 0.5) is 19.0 Å². The minimum atomic E-state index is -4.59. The summed E-state index contributed by atoms with van der Waals surface area (Å²) in [5.74, 6) is -0.377. The van der Waals surface area contributed by atoms with Gasteiger partial charge in [-0.3, -0.25) is 9.59 Å². The van der Waals surface area contributed by atoms with E-state index in [1.54, 1.807) is 0 Å². The first-order chi connectivity index (χ1) is 16.1. The summed E-state index contributed by atoms with van der Waals surface area (Å²) in [5, 5.41) is 1.98. The van der Waals surface area contributed by atoms with E-state index in [0.29, 0.717) is 30.5 Å². The SMILES string of the molecule is O=C(COC(=O)C12CC3CC(C1)CC(c1ccccc1)(C3)C2)Nc1ncc(C(F)(F)F)cc1Cl. The van der Waals surface area contributed by atoms with E-state index < -0.39 is 29.7 Å². The van der Waals surface area contributed by atoms with E-state index in [0.717, 1.165) is 32.1 Å². The van der Waals surface area contributed by atoms with Crippen LogP contribution in [-0.2, 0) is 25.9 Å². The average Bonchev–Trinajstić information content (AvgIpc) is 2.78. The predicted octanol–water partition coefficient (Wildman–Crippen LogP) is 5.77. The van der Waals surface area contributed by atoms with Gasteiger partial charge in [-0.15, -0.1) is 0 Å². The molecule has 1 amide bonds. The molecule has 1 heterocycles. The van der Waals surface area contributed by atoms with Crippen LogP contribution in [0, 0.1) is 17.3 Å². The number of esters is 1. The van der Waals surface area contributed by atoms with E-state index in [1.165, 1.54) is 5.56 Å². The Bertz CT molecular complexity index is 1110. The highest BCUT2D eigenvalue weighted by molar-refractivity contribution is 6.33. The first kappa shape index (κ1) is 23.1. The molecule has 34 heavy (non-hydrogen) atoms. The first-order valence-electron chi connectivity index (χ1n) is 11.3. The zero-order valence-corrected chi connectivity index (χ0v) is 19.1. The molecule has 4 bridgehead atoms. The Morgan fingerprint density at radius 3 is 2.41 bits per heavy atom. The third-order valence-electron chi connectivity index (χ3n) is 7.64. The van der Waals surface area contributed by atoms with Gasteiger partial charge >= 0.3 is 12.1 Å². The maximum absolute atomic E-state index is 13.3. The standard InChI is InChI=1S/C25H24ClF3N2O3/c26-19-7-18(25(27,28)29)12-30-21(19)31-20(32)13-34-22(33)24-10-15-6-16(11-24)9-23(8-15,14-24)17-4-2-1-3-5-17/h1-5,7,12,15-16H,6,8-11,13-14H2,(H,30,31,32). The molecule has 4 aliphatic carbocycles. The summed E-state index contributed by atoms with van der Waals surface area (Å²) >= 11 is 5.84. The number of nitrogens with zero attached hydrogens (tertiary/aromatic N) is 1. The number of amides is 1. The van der Waals surface area contributed by atoms with Crippen LogP contribution in [0.25, 0.3) is 0 Å². The fraction of sp³-hybridized carbons (Fsp3) is 0.480. The molecule has 4 saturated carbocycles. The fourth-order valence-corrected chi connectivity index (χ4v) is 6.98. The molecule has 1 aromatic carbocycles. The number of nitrogens with one attached hydrogen (secondary N) is 1. The van der Waals surface area contributed by atoms with Gasteiger partial charge in [-0.25, -0.2) is 4.98 Å². The highest BCUT2D eigenvalue weighted by atomic mass is 35.5. The summed E-state index contributed by atoms with van der Waals surface area (Å²) < 4.78 is 43.8. The molecule has 2 atom stereocenters. The van der Waals surface area contributed by atoms with Gasteiger partial charge in [-0.1, -0.05) is 41.9 Å². The third-order valence-corrected chi connectivity index (χ3v) is 7.93. The van der Waals surface area contributed by atoms with Gasteiger partial charge in [-0.05, 0) is 67.4 Å². The number of carbonyl (C=O) groups excluding carboxylic acids is 2. The number of aromatic nitrogens is 1. The van der Waals surface area contributed by atoms with Crippen molar-refractivity contribution in [2.75, 3.05) is 11.9 Å². The highest BCUT2D eigenvalue weighted by Crippen LogP contribution is 2.66. The largest absolute Gasteiger partial charge is 0.455 e. The maximum Gasteiger partial charge on any atom is 0.417 e. The summed E-state index contributed by atoms with van der Waals surface area (Å²) in [7, 11) is 0. The van der Waals surface area contributed by atoms with Crippen LogP contribution in [0.5, 0.6) is 0 Å². The van der Waals surface area contributed by atoms with Crippen molar-refractivity contribution in [1.82, 2.24) is 4.98 Å². The Morgan fingerprint density at radius 2 is 1.79 bits per heavy atom. The molecule has 5 nitrogen and oxygen atoms in total. The highest BCUT2D eigenvalue weighted by Gasteiger charge is 2.61. The Labute approximate surface area is 200 Å². The number of ether oxygens (including phenoxy) is 1. The molecule has 9 heteroatoms. The topological polar surface area (TPSA) is 68.3 Å². The van der Waals surface area contributed by atoms with Crippen LogP contribution in [0.15, 0.2) is 42.6 Å². The third kappa shape index (κ3) is 4.17. The zero-order chi connectivity index (χ0) is 24.1. The van der Waals surface area contributed by atoms with Gasteiger partial charge in [-0.2, -0.15) is 13.2 Å². The van der Waals surface area contributed by atoms with Crippen LogP contribution < -0.4 is 5.32 Å². The molecule has 2 unspecified atom stereocenters. The molecule has 0 spiro atoms. The van der Waals surface area contributed by atoms with Crippen molar-refractivity contribution in [2.45, 2.75) is 50.1 Å². The predicted molar refractivity (Wildman–Crippen MR) is 119 cm³/mol. The number of hydrogen-bond donors (Lipinski definition) is 1. The molecule has 0 saturated heterocycles. The molecule has 6 rings (SSSR count). The minimum absolute atomic E-state index is 0.0374. The molecule has 4 aliphatic rings. The second-order valence-electron chi connectivity index (χ2n) is 10.1. The van der Waals surface area contributed by atoms with E-state index >= 15 is 0 Å². The number of alkyl halides is 3. The van der Waals surface area contributed by atoms with E-state index in [2.05, 4.69) is 22.4 Å². The minimum Gasteiger partial charge on any atom is -0.455 e. The Kier molecular flexibility index (Phi) is 5.62. The second kappa shape index (κ2) is 8.26. The summed E-state index contributed by atoms with van der Waals surface area (Å²) in [6.45, 7) is -0.548. The normalized spacial score (nSPS) is 29.6. The van der Waals surface area contributed by atoms with Gasteiger partial charge in [0.2, 0.25) is 0 Å². The molecule has 4 fully saturated rings. The van der Waals surface area contributed by atoms with Gasteiger partial charge in [0.05, 0.1) is 16.0 Å². The lowest BCUT2D eigenvalue weighted by Crippen LogP contribution is -2.57. The number of pyridine rings is 1. The van der Waals surface area contributed by atoms with Gasteiger partial charge in [0, 0.05) is 6.20 Å². The van der Waals surface area contributed by atoms with Crippen LogP contribution in [0.1, 0.15) is 49.7 Å². The van der Waals surface area contributed by atoms with Gasteiger partial charge < -0.3 is 10.1 Å². The van der Waals surface area contributed by atoms with E-state index in [-0.39, 0.29) is 22.2 Å². The number of benzene rings is 1. The zero-order valence-electron chi connectivity index (χ0n) is 18.3. The lowest BCUT2D eigenvalue weighted by molar-refractivity contribution is -0.175. The van der Waals surface area contributed by atoms with E-state index in [4.69, 9.17) is 16.3 Å². The lowest BCUT2D eigenvalue weighted by Gasteiger charge is -2.61. The molecule has 0 aliphatic heterocycles. The first-order valence-corrected chi connectivity index (χ1v) is 11.7. The van der Waals surface area contributed by atoms with Crippen molar-refractivity contribution < 1.29 is 27.5 Å². The number of carbonyl (C=O) groups is 2. The van der Waals surface area contributed by atoms with E-state index in [1.807, 2.05) is 18.2 Å². The summed E-state index contributed by atoms with van der Waals surface area (Å²) in [6, 6.07) is 11.0. The van der Waals surface area contributed by atoms with Crippen LogP contribution >= 0.6 is 11.6 Å². The monoisotopic (exact) mass is 492 g/mol. The summed E-state index contributed by atoms with van der Waals surface area (Å²) in [5.41, 5.74) is -0.396. The Morgan fingerprint density at radius 1 is 1.12 bits per heavy atom. The number of halogens is 4. The van der Waals surface area contributed by atoms with Crippen molar-refractivity contribution >= 4 is 29.3 Å². The number of hydrogen-bond acceptors (Lipinski definition) is 4. The molecular weight excluding hydrogens is 469 g/mol. The molecule has 1 N–H and O–H groups in total. The van der Waals surface area contributed by atoms with E-state index in [9.17, 15) is 22.8 Å². The number of anilines is 1. The Hall–Kier alpha value is -2.61. The molecular formula is C25H24ClF3N2O3. The lowest BCUT2D eigenvalue weighted by atomic mass is 9.43. The second-order valence-corrected chi connectivity index (χ2v) is 10.5. The number of rotatable bonds is 5. The fourth-order valence-electron chi connectivity index (χ4n) is 6.77. The molecule has 1 aromatic heterocycles. The van der Waals surface area contributed by atoms with Crippen LogP contribution in [-0.4, -0.2) is 23.5 Å². The molecule has 180 valence electrons. The van der Waals surface area contributed by atoms with Gasteiger partial charge in [0.1, 0.15) is 0 Å². The van der Waals surface area contributed by atoms with Crippen molar-refractivity contribution in [2.24, 2.45) is 17.3 Å². The molecule has 0 radical (unpaired) electrons. The van der Waals surface area contributed by atoms with Crippen molar-refractivity contribution in [3.05, 3.63) is 58.7 Å². The van der Waals surface area contributed by atoms with Crippen molar-refractivity contribution in [3.63, 3.8) is 0 Å². The van der Waals surface area contributed by atoms with Gasteiger partial charge in [0.15, 0.2) is 12.4 Å². The Balaban J connectivity index is 1.26. The molecule has 2 aromatic rings. The van der Waals surface area contributed by atoms with Gasteiger partial charge in [0.25, 0.3) is 5.91 Å². The average molecular weight is 493 g/mol. The van der Waals surface area contributed by atoms with Crippen molar-refractivity contribution in [1.29, 1.82) is 0 Å². The maximum atomic E-state index is 13.3. The summed E-state index contributed by atoms with van der Waals surface area (Å²) in [6.07, 6.45) is 1.51. The summed E-state index contributed by atoms with van der Waals surface area (Å²) in [4.78, 5) is 29.2. The quantitative estimate of drug-likeness (QED) is 0.538.